The van der Waals surface area contributed by atoms with Crippen molar-refractivity contribution in [1.82, 2.24) is 0 Å². The Morgan fingerprint density at radius 3 is 2.33 bits per heavy atom. The van der Waals surface area contributed by atoms with Gasteiger partial charge < -0.3 is 9.84 Å². The van der Waals surface area contributed by atoms with Gasteiger partial charge in [-0.05, 0) is 23.6 Å². The van der Waals surface area contributed by atoms with Gasteiger partial charge in [0.15, 0.2) is 0 Å². The average Bonchev–Trinajstić information content (AvgIpc) is 2.39. The van der Waals surface area contributed by atoms with Crippen LogP contribution < -0.4 is 4.74 Å². The predicted molar refractivity (Wildman–Crippen MR) is 69.9 cm³/mol. The Hall–Kier alpha value is -2.29. The normalized spacial score (nSPS) is 10.1. The number of benzene rings is 2. The Labute approximate surface area is 106 Å². The molecule has 92 valence electrons. The number of carbonyl (C=O) groups is 1. The summed E-state index contributed by atoms with van der Waals surface area (Å²) in [5.41, 5.74) is 2.98. The summed E-state index contributed by atoms with van der Waals surface area (Å²) in [7, 11) is 0. The zero-order valence-corrected chi connectivity index (χ0v) is 10.1. The molecule has 2 aromatic carbocycles. The maximum absolute atomic E-state index is 10.7. The Kier molecular flexibility index (Phi) is 3.63. The Morgan fingerprint density at radius 1 is 1.06 bits per heavy atom. The lowest BCUT2D eigenvalue weighted by Crippen LogP contribution is -2.04. The summed E-state index contributed by atoms with van der Waals surface area (Å²) in [5, 5.41) is 8.74. The fourth-order valence-corrected chi connectivity index (χ4v) is 1.96. The van der Waals surface area contributed by atoms with Gasteiger partial charge in [-0.1, -0.05) is 49.4 Å². The van der Waals surface area contributed by atoms with Crippen molar-refractivity contribution >= 4 is 6.16 Å². The van der Waals surface area contributed by atoms with Crippen LogP contribution in [-0.2, 0) is 6.42 Å². The van der Waals surface area contributed by atoms with Gasteiger partial charge in [-0.3, -0.25) is 0 Å². The predicted octanol–water partition coefficient (Wildman–Crippen LogP) is 3.97. The number of hydrogen-bond acceptors (Lipinski definition) is 2. The van der Waals surface area contributed by atoms with E-state index in [0.29, 0.717) is 5.75 Å². The molecule has 0 spiro atoms. The van der Waals surface area contributed by atoms with E-state index in [1.54, 1.807) is 12.1 Å². The highest BCUT2D eigenvalue weighted by atomic mass is 16.7. The molecular formula is C15H14O3. The molecule has 0 aromatic heterocycles. The Morgan fingerprint density at radius 2 is 1.67 bits per heavy atom. The summed E-state index contributed by atoms with van der Waals surface area (Å²) in [6.45, 7) is 2.07. The molecule has 3 nitrogen and oxygen atoms in total. The first kappa shape index (κ1) is 12.2. The van der Waals surface area contributed by atoms with Crippen molar-refractivity contribution in [2.75, 3.05) is 0 Å². The number of ether oxygens (including phenoxy) is 1. The second kappa shape index (κ2) is 5.36. The fraction of sp³-hybridized carbons (Fsp3) is 0.133. The molecule has 0 aliphatic rings. The summed E-state index contributed by atoms with van der Waals surface area (Å²) in [6.07, 6.45) is -0.408. The van der Waals surface area contributed by atoms with Crippen molar-refractivity contribution in [1.29, 1.82) is 0 Å². The zero-order valence-electron chi connectivity index (χ0n) is 10.1. The highest BCUT2D eigenvalue weighted by molar-refractivity contribution is 5.76. The number of hydrogen-bond donors (Lipinski definition) is 1. The van der Waals surface area contributed by atoms with Crippen LogP contribution >= 0.6 is 0 Å². The Balaban J connectivity index is 2.53. The minimum absolute atomic E-state index is 0.367. The minimum Gasteiger partial charge on any atom is -0.449 e. The molecule has 0 atom stereocenters. The number of aryl methyl sites for hydroxylation is 1. The highest BCUT2D eigenvalue weighted by Crippen LogP contribution is 2.32. The van der Waals surface area contributed by atoms with E-state index >= 15 is 0 Å². The van der Waals surface area contributed by atoms with Crippen LogP contribution in [0.15, 0.2) is 48.5 Å². The van der Waals surface area contributed by atoms with Gasteiger partial charge >= 0.3 is 6.16 Å². The number of rotatable bonds is 3. The van der Waals surface area contributed by atoms with Crippen LogP contribution in [0.1, 0.15) is 12.5 Å². The van der Waals surface area contributed by atoms with Crippen LogP contribution in [-0.4, -0.2) is 11.3 Å². The first-order valence-corrected chi connectivity index (χ1v) is 5.80. The number of para-hydroxylation sites is 1. The van der Waals surface area contributed by atoms with Crippen LogP contribution in [0.4, 0.5) is 4.79 Å². The van der Waals surface area contributed by atoms with Gasteiger partial charge in [0, 0.05) is 5.56 Å². The molecule has 2 aromatic rings. The van der Waals surface area contributed by atoms with Crippen molar-refractivity contribution in [3.63, 3.8) is 0 Å². The van der Waals surface area contributed by atoms with Crippen LogP contribution in [0.3, 0.4) is 0 Å². The van der Waals surface area contributed by atoms with Crippen molar-refractivity contribution in [2.45, 2.75) is 13.3 Å². The third-order valence-electron chi connectivity index (χ3n) is 2.77. The number of carboxylic acid groups (broad SMARTS) is 1. The maximum atomic E-state index is 10.7. The SMILES string of the molecule is CCc1ccccc1-c1ccccc1OC(=O)O. The van der Waals surface area contributed by atoms with Gasteiger partial charge in [0.1, 0.15) is 5.75 Å². The quantitative estimate of drug-likeness (QED) is 0.654. The largest absolute Gasteiger partial charge is 0.511 e. The van der Waals surface area contributed by atoms with Crippen molar-refractivity contribution < 1.29 is 14.6 Å². The molecule has 0 radical (unpaired) electrons. The maximum Gasteiger partial charge on any atom is 0.511 e. The van der Waals surface area contributed by atoms with Crippen LogP contribution in [0.5, 0.6) is 5.75 Å². The lowest BCUT2D eigenvalue weighted by Gasteiger charge is -2.11. The van der Waals surface area contributed by atoms with E-state index in [0.717, 1.165) is 17.5 Å². The minimum atomic E-state index is -1.29. The topological polar surface area (TPSA) is 46.5 Å². The summed E-state index contributed by atoms with van der Waals surface area (Å²) in [6, 6.07) is 15.1. The first-order chi connectivity index (χ1) is 8.72. The summed E-state index contributed by atoms with van der Waals surface area (Å²) in [4.78, 5) is 10.7. The van der Waals surface area contributed by atoms with Crippen molar-refractivity contribution in [2.24, 2.45) is 0 Å². The van der Waals surface area contributed by atoms with Crippen molar-refractivity contribution in [3.05, 3.63) is 54.1 Å². The molecule has 0 bridgehead atoms. The van der Waals surface area contributed by atoms with E-state index in [-0.39, 0.29) is 0 Å². The van der Waals surface area contributed by atoms with E-state index in [9.17, 15) is 4.79 Å². The lowest BCUT2D eigenvalue weighted by molar-refractivity contribution is 0.144. The van der Waals surface area contributed by atoms with Crippen LogP contribution in [0.25, 0.3) is 11.1 Å². The highest BCUT2D eigenvalue weighted by Gasteiger charge is 2.11. The molecule has 0 saturated heterocycles. The molecule has 0 aliphatic heterocycles. The molecule has 0 saturated carbocycles. The molecule has 0 fully saturated rings. The van der Waals surface area contributed by atoms with Gasteiger partial charge in [0.25, 0.3) is 0 Å². The third kappa shape index (κ3) is 2.51. The Bertz CT molecular complexity index is 561. The molecule has 18 heavy (non-hydrogen) atoms. The van der Waals surface area contributed by atoms with Gasteiger partial charge in [-0.2, -0.15) is 0 Å². The lowest BCUT2D eigenvalue weighted by atomic mass is 9.97. The average molecular weight is 242 g/mol. The van der Waals surface area contributed by atoms with E-state index in [1.807, 2.05) is 36.4 Å². The monoisotopic (exact) mass is 242 g/mol. The molecule has 0 amide bonds. The van der Waals surface area contributed by atoms with Crippen LogP contribution in [0.2, 0.25) is 0 Å². The van der Waals surface area contributed by atoms with E-state index in [2.05, 4.69) is 6.92 Å². The van der Waals surface area contributed by atoms with Crippen LogP contribution in [0, 0.1) is 0 Å². The molecule has 0 heterocycles. The molecule has 0 unspecified atom stereocenters. The standard InChI is InChI=1S/C15H14O3/c1-2-11-7-3-4-8-12(11)13-9-5-6-10-14(13)18-15(16)17/h3-10H,2H2,1H3,(H,16,17). The van der Waals surface area contributed by atoms with Crippen molar-refractivity contribution in [3.8, 4) is 16.9 Å². The summed E-state index contributed by atoms with van der Waals surface area (Å²) < 4.78 is 4.82. The third-order valence-corrected chi connectivity index (χ3v) is 2.77. The van der Waals surface area contributed by atoms with E-state index in [4.69, 9.17) is 9.84 Å². The van der Waals surface area contributed by atoms with E-state index < -0.39 is 6.16 Å². The first-order valence-electron chi connectivity index (χ1n) is 5.80. The van der Waals surface area contributed by atoms with Gasteiger partial charge in [0.05, 0.1) is 0 Å². The second-order valence-electron chi connectivity index (χ2n) is 3.87. The van der Waals surface area contributed by atoms with E-state index in [1.165, 1.54) is 5.56 Å². The molecule has 3 heteroatoms. The molecule has 0 aliphatic carbocycles. The van der Waals surface area contributed by atoms with Gasteiger partial charge in [-0.15, -0.1) is 0 Å². The van der Waals surface area contributed by atoms with Gasteiger partial charge in [-0.25, -0.2) is 4.79 Å². The smallest absolute Gasteiger partial charge is 0.449 e. The zero-order chi connectivity index (χ0) is 13.0. The fourth-order valence-electron chi connectivity index (χ4n) is 1.96. The molecule has 1 N–H and O–H groups in total. The second-order valence-corrected chi connectivity index (χ2v) is 3.87. The van der Waals surface area contributed by atoms with Gasteiger partial charge in [0.2, 0.25) is 0 Å². The molecule has 2 rings (SSSR count). The summed E-state index contributed by atoms with van der Waals surface area (Å²) >= 11 is 0. The summed E-state index contributed by atoms with van der Waals surface area (Å²) in [5.74, 6) is 0.367. The molecular weight excluding hydrogens is 228 g/mol.